The Kier molecular flexibility index (Phi) is 7.35. The van der Waals surface area contributed by atoms with Gasteiger partial charge in [-0.1, -0.05) is 24.6 Å². The number of benzene rings is 1. The number of carbonyl (C=O) groups is 2. The van der Waals surface area contributed by atoms with Gasteiger partial charge in [-0.25, -0.2) is 0 Å². The van der Waals surface area contributed by atoms with Crippen LogP contribution >= 0.6 is 12.4 Å². The van der Waals surface area contributed by atoms with Crippen molar-refractivity contribution < 1.29 is 9.59 Å². The highest BCUT2D eigenvalue weighted by atomic mass is 35.5. The molecule has 22 heavy (non-hydrogen) atoms. The van der Waals surface area contributed by atoms with E-state index in [0.29, 0.717) is 6.42 Å². The molecule has 0 spiro atoms. The first-order valence-corrected chi connectivity index (χ1v) is 7.40. The molecule has 1 aromatic rings. The van der Waals surface area contributed by atoms with Crippen molar-refractivity contribution in [1.82, 2.24) is 4.90 Å². The lowest BCUT2D eigenvalue weighted by molar-refractivity contribution is -0.134. The second-order valence-corrected chi connectivity index (χ2v) is 5.72. The Labute approximate surface area is 137 Å². The van der Waals surface area contributed by atoms with Gasteiger partial charge < -0.3 is 16.0 Å². The second-order valence-electron chi connectivity index (χ2n) is 5.72. The maximum Gasteiger partial charge on any atom is 0.243 e. The summed E-state index contributed by atoms with van der Waals surface area (Å²) in [5, 5.41) is 2.77. The van der Waals surface area contributed by atoms with Crippen molar-refractivity contribution in [2.24, 2.45) is 11.7 Å². The Hall–Kier alpha value is -1.59. The number of anilines is 1. The second kappa shape index (κ2) is 8.76. The molecule has 6 heteroatoms. The van der Waals surface area contributed by atoms with Crippen molar-refractivity contribution in [1.29, 1.82) is 0 Å². The van der Waals surface area contributed by atoms with E-state index in [9.17, 15) is 9.59 Å². The van der Waals surface area contributed by atoms with E-state index in [1.165, 1.54) is 4.90 Å². The van der Waals surface area contributed by atoms with Gasteiger partial charge in [0.1, 0.15) is 0 Å². The molecule has 1 aromatic carbocycles. The Bertz CT molecular complexity index is 495. The molecular weight excluding hydrogens is 302 g/mol. The minimum Gasteiger partial charge on any atom is -0.336 e. The maximum absolute atomic E-state index is 12.1. The van der Waals surface area contributed by atoms with E-state index in [0.717, 1.165) is 24.9 Å². The van der Waals surface area contributed by atoms with Crippen LogP contribution in [0.3, 0.4) is 0 Å². The van der Waals surface area contributed by atoms with E-state index in [4.69, 9.17) is 5.73 Å². The summed E-state index contributed by atoms with van der Waals surface area (Å²) in [6, 6.07) is 9.35. The standard InChI is InChI=1S/C16H23N3O2.ClH/c1-19(16(21)10-12-6-5-9-14(12)17)11-15(20)18-13-7-3-2-4-8-13;/h2-4,7-8,12,14H,5-6,9-11,17H2,1H3,(H,18,20);1H/t12-,14+;/m0./s1. The van der Waals surface area contributed by atoms with Gasteiger partial charge >= 0.3 is 0 Å². The van der Waals surface area contributed by atoms with Crippen LogP contribution in [0.1, 0.15) is 25.7 Å². The molecule has 3 N–H and O–H groups in total. The van der Waals surface area contributed by atoms with Crippen LogP contribution in [0.25, 0.3) is 0 Å². The summed E-state index contributed by atoms with van der Waals surface area (Å²) in [6.07, 6.45) is 3.54. The SMILES string of the molecule is CN(CC(=O)Nc1ccccc1)C(=O)C[C@@H]1CCC[C@H]1N.Cl. The van der Waals surface area contributed by atoms with Gasteiger partial charge in [0, 0.05) is 25.2 Å². The molecule has 0 radical (unpaired) electrons. The monoisotopic (exact) mass is 325 g/mol. The van der Waals surface area contributed by atoms with Crippen molar-refractivity contribution in [3.8, 4) is 0 Å². The third kappa shape index (κ3) is 5.31. The first-order valence-electron chi connectivity index (χ1n) is 7.40. The number of nitrogens with one attached hydrogen (secondary N) is 1. The Morgan fingerprint density at radius 2 is 1.95 bits per heavy atom. The van der Waals surface area contributed by atoms with Crippen molar-refractivity contribution in [3.63, 3.8) is 0 Å². The summed E-state index contributed by atoms with van der Waals surface area (Å²) in [6.45, 7) is 0.0652. The Balaban J connectivity index is 0.00000242. The molecule has 0 bridgehead atoms. The summed E-state index contributed by atoms with van der Waals surface area (Å²) in [4.78, 5) is 25.5. The average molecular weight is 326 g/mol. The van der Waals surface area contributed by atoms with Crippen LogP contribution in [0.4, 0.5) is 5.69 Å². The molecule has 0 aromatic heterocycles. The molecule has 5 nitrogen and oxygen atoms in total. The van der Waals surface area contributed by atoms with Crippen molar-refractivity contribution >= 4 is 29.9 Å². The van der Waals surface area contributed by atoms with E-state index in [1.807, 2.05) is 30.3 Å². The number of nitrogens with zero attached hydrogens (tertiary/aromatic N) is 1. The van der Waals surface area contributed by atoms with Crippen LogP contribution in [0, 0.1) is 5.92 Å². The lowest BCUT2D eigenvalue weighted by Gasteiger charge is -2.20. The summed E-state index contributed by atoms with van der Waals surface area (Å²) < 4.78 is 0. The molecule has 1 aliphatic rings. The fraction of sp³-hybridized carbons (Fsp3) is 0.500. The molecule has 1 aliphatic carbocycles. The minimum atomic E-state index is -0.187. The van der Waals surface area contributed by atoms with Crippen LogP contribution in [-0.2, 0) is 9.59 Å². The van der Waals surface area contributed by atoms with Crippen molar-refractivity contribution in [2.45, 2.75) is 31.7 Å². The lowest BCUT2D eigenvalue weighted by atomic mass is 9.99. The van der Waals surface area contributed by atoms with Gasteiger partial charge in [-0.3, -0.25) is 9.59 Å². The molecule has 1 saturated carbocycles. The van der Waals surface area contributed by atoms with Gasteiger partial charge in [-0.15, -0.1) is 12.4 Å². The highest BCUT2D eigenvalue weighted by Gasteiger charge is 2.27. The third-order valence-electron chi connectivity index (χ3n) is 4.02. The molecule has 0 aliphatic heterocycles. The smallest absolute Gasteiger partial charge is 0.243 e. The largest absolute Gasteiger partial charge is 0.336 e. The molecule has 0 unspecified atom stereocenters. The van der Waals surface area contributed by atoms with Crippen LogP contribution in [-0.4, -0.2) is 36.3 Å². The quantitative estimate of drug-likeness (QED) is 0.869. The lowest BCUT2D eigenvalue weighted by Crippen LogP contribution is -2.37. The van der Waals surface area contributed by atoms with Crippen LogP contribution in [0.5, 0.6) is 0 Å². The molecule has 0 heterocycles. The van der Waals surface area contributed by atoms with E-state index in [1.54, 1.807) is 7.05 Å². The number of rotatable bonds is 5. The summed E-state index contributed by atoms with van der Waals surface area (Å²) >= 11 is 0. The zero-order valence-electron chi connectivity index (χ0n) is 12.8. The topological polar surface area (TPSA) is 75.4 Å². The first-order chi connectivity index (χ1) is 10.1. The molecule has 2 rings (SSSR count). The predicted octanol–water partition coefficient (Wildman–Crippen LogP) is 2.02. The molecule has 2 amide bonds. The zero-order chi connectivity index (χ0) is 15.2. The van der Waals surface area contributed by atoms with Crippen LogP contribution in [0.2, 0.25) is 0 Å². The number of likely N-dealkylation sites (N-methyl/N-ethyl adjacent to an activating group) is 1. The van der Waals surface area contributed by atoms with Gasteiger partial charge in [0.25, 0.3) is 0 Å². The first kappa shape index (κ1) is 18.5. The number of carbonyl (C=O) groups excluding carboxylic acids is 2. The third-order valence-corrected chi connectivity index (χ3v) is 4.02. The van der Waals surface area contributed by atoms with Crippen LogP contribution in [0.15, 0.2) is 30.3 Å². The Morgan fingerprint density at radius 1 is 1.27 bits per heavy atom. The van der Waals surface area contributed by atoms with E-state index in [-0.39, 0.29) is 42.7 Å². The highest BCUT2D eigenvalue weighted by Crippen LogP contribution is 2.27. The number of nitrogens with two attached hydrogens (primary N) is 1. The minimum absolute atomic E-state index is 0. The van der Waals surface area contributed by atoms with E-state index >= 15 is 0 Å². The molecule has 2 atom stereocenters. The summed E-state index contributed by atoms with van der Waals surface area (Å²) in [5.74, 6) is 0.0606. The number of amides is 2. The van der Waals surface area contributed by atoms with Gasteiger partial charge in [0.2, 0.25) is 11.8 Å². The average Bonchev–Trinajstić information content (AvgIpc) is 2.85. The maximum atomic E-state index is 12.1. The number of hydrogen-bond acceptors (Lipinski definition) is 3. The van der Waals surface area contributed by atoms with Crippen LogP contribution < -0.4 is 11.1 Å². The zero-order valence-corrected chi connectivity index (χ0v) is 13.6. The van der Waals surface area contributed by atoms with Gasteiger partial charge in [0.15, 0.2) is 0 Å². The summed E-state index contributed by atoms with van der Waals surface area (Å²) in [5.41, 5.74) is 6.72. The molecule has 122 valence electrons. The van der Waals surface area contributed by atoms with Crippen molar-refractivity contribution in [2.75, 3.05) is 18.9 Å². The van der Waals surface area contributed by atoms with E-state index < -0.39 is 0 Å². The van der Waals surface area contributed by atoms with Crippen molar-refractivity contribution in [3.05, 3.63) is 30.3 Å². The van der Waals surface area contributed by atoms with Gasteiger partial charge in [-0.05, 0) is 30.9 Å². The fourth-order valence-corrected chi connectivity index (χ4v) is 2.72. The number of hydrogen-bond donors (Lipinski definition) is 2. The highest BCUT2D eigenvalue weighted by molar-refractivity contribution is 5.94. The summed E-state index contributed by atoms with van der Waals surface area (Å²) in [7, 11) is 1.66. The van der Waals surface area contributed by atoms with Gasteiger partial charge in [-0.2, -0.15) is 0 Å². The molecular formula is C16H24ClN3O2. The molecule has 1 fully saturated rings. The fourth-order valence-electron chi connectivity index (χ4n) is 2.72. The number of halogens is 1. The number of para-hydroxylation sites is 1. The van der Waals surface area contributed by atoms with E-state index in [2.05, 4.69) is 5.32 Å². The van der Waals surface area contributed by atoms with Gasteiger partial charge in [0.05, 0.1) is 6.54 Å². The predicted molar refractivity (Wildman–Crippen MR) is 89.9 cm³/mol. The molecule has 0 saturated heterocycles. The normalized spacial score (nSPS) is 20.1. The Morgan fingerprint density at radius 3 is 2.55 bits per heavy atom.